The Morgan fingerprint density at radius 3 is 2.09 bits per heavy atom. The van der Waals surface area contributed by atoms with Gasteiger partial charge in [0.25, 0.3) is 0 Å². The molecule has 6 heteroatoms. The molecule has 0 amide bonds. The maximum atomic E-state index is 12.5. The van der Waals surface area contributed by atoms with Crippen LogP contribution >= 0.6 is 0 Å². The van der Waals surface area contributed by atoms with Gasteiger partial charge >= 0.3 is 6.61 Å². The minimum absolute atomic E-state index is 0.0411. The van der Waals surface area contributed by atoms with Crippen molar-refractivity contribution in [2.75, 3.05) is 7.11 Å². The first-order valence-electron chi connectivity index (χ1n) is 6.83. The Morgan fingerprint density at radius 2 is 1.57 bits per heavy atom. The first-order valence-corrected chi connectivity index (χ1v) is 6.83. The van der Waals surface area contributed by atoms with Crippen molar-refractivity contribution in [1.29, 1.82) is 0 Å². The average molecular weight is 318 g/mol. The summed E-state index contributed by atoms with van der Waals surface area (Å²) < 4.78 is 34.1. The van der Waals surface area contributed by atoms with E-state index in [1.807, 2.05) is 0 Å². The van der Waals surface area contributed by atoms with Gasteiger partial charge in [0.15, 0.2) is 23.1 Å². The Morgan fingerprint density at radius 1 is 0.957 bits per heavy atom. The van der Waals surface area contributed by atoms with Gasteiger partial charge in [-0.05, 0) is 17.7 Å². The van der Waals surface area contributed by atoms with E-state index in [1.165, 1.54) is 25.3 Å². The SMILES string of the molecule is COc1cc(C2C(=O)c3ccccc3C2=O)ccc1OC(F)F. The van der Waals surface area contributed by atoms with Gasteiger partial charge in [0, 0.05) is 11.1 Å². The predicted octanol–water partition coefficient (Wildman–Crippen LogP) is 3.46. The van der Waals surface area contributed by atoms with Gasteiger partial charge in [0.1, 0.15) is 5.92 Å². The topological polar surface area (TPSA) is 52.6 Å². The Balaban J connectivity index is 2.00. The number of hydrogen-bond acceptors (Lipinski definition) is 4. The minimum atomic E-state index is -2.99. The second-order valence-corrected chi connectivity index (χ2v) is 5.00. The molecule has 2 aromatic carbocycles. The zero-order chi connectivity index (χ0) is 16.6. The van der Waals surface area contributed by atoms with Crippen LogP contribution < -0.4 is 9.47 Å². The molecule has 0 saturated heterocycles. The lowest BCUT2D eigenvalue weighted by molar-refractivity contribution is -0.0512. The molecule has 0 spiro atoms. The Kier molecular flexibility index (Phi) is 3.82. The second kappa shape index (κ2) is 5.79. The lowest BCUT2D eigenvalue weighted by atomic mass is 9.94. The van der Waals surface area contributed by atoms with E-state index >= 15 is 0 Å². The lowest BCUT2D eigenvalue weighted by Gasteiger charge is -2.13. The smallest absolute Gasteiger partial charge is 0.387 e. The zero-order valence-electron chi connectivity index (χ0n) is 12.1. The molecular formula is C17H12F2O4. The van der Waals surface area contributed by atoms with Crippen molar-refractivity contribution in [3.05, 3.63) is 59.2 Å². The van der Waals surface area contributed by atoms with Crippen molar-refractivity contribution in [2.45, 2.75) is 12.5 Å². The summed E-state index contributed by atoms with van der Waals surface area (Å²) in [6.45, 7) is -2.99. The van der Waals surface area contributed by atoms with E-state index in [1.54, 1.807) is 24.3 Å². The van der Waals surface area contributed by atoms with Gasteiger partial charge in [-0.15, -0.1) is 0 Å². The summed E-state index contributed by atoms with van der Waals surface area (Å²) in [6, 6.07) is 10.6. The van der Waals surface area contributed by atoms with Crippen molar-refractivity contribution >= 4 is 11.6 Å². The fourth-order valence-corrected chi connectivity index (χ4v) is 2.70. The van der Waals surface area contributed by atoms with E-state index in [0.29, 0.717) is 16.7 Å². The molecule has 0 bridgehead atoms. The number of benzene rings is 2. The fraction of sp³-hybridized carbons (Fsp3) is 0.176. The largest absolute Gasteiger partial charge is 0.493 e. The van der Waals surface area contributed by atoms with Crippen LogP contribution in [0, 0.1) is 0 Å². The van der Waals surface area contributed by atoms with Crippen molar-refractivity contribution in [3.8, 4) is 11.5 Å². The molecule has 23 heavy (non-hydrogen) atoms. The van der Waals surface area contributed by atoms with Crippen molar-refractivity contribution in [3.63, 3.8) is 0 Å². The summed E-state index contributed by atoms with van der Waals surface area (Å²) in [5.74, 6) is -1.71. The molecule has 0 aliphatic heterocycles. The number of methoxy groups -OCH3 is 1. The van der Waals surface area contributed by atoms with E-state index in [0.717, 1.165) is 0 Å². The normalized spacial score (nSPS) is 14.3. The van der Waals surface area contributed by atoms with Crippen LogP contribution in [-0.2, 0) is 0 Å². The second-order valence-electron chi connectivity index (χ2n) is 5.00. The molecule has 1 aliphatic carbocycles. The molecular weight excluding hydrogens is 306 g/mol. The number of alkyl halides is 2. The highest BCUT2D eigenvalue weighted by Crippen LogP contribution is 2.38. The maximum absolute atomic E-state index is 12.5. The van der Waals surface area contributed by atoms with Crippen LogP contribution in [0.15, 0.2) is 42.5 Å². The summed E-state index contributed by atoms with van der Waals surface area (Å²) in [4.78, 5) is 24.9. The molecule has 1 aliphatic rings. The van der Waals surface area contributed by atoms with Crippen LogP contribution in [-0.4, -0.2) is 25.3 Å². The van der Waals surface area contributed by atoms with Crippen LogP contribution in [0.3, 0.4) is 0 Å². The Labute approximate surface area is 130 Å². The highest BCUT2D eigenvalue weighted by molar-refractivity contribution is 6.29. The van der Waals surface area contributed by atoms with Gasteiger partial charge in [0.2, 0.25) is 0 Å². The number of fused-ring (bicyclic) bond motifs is 1. The van der Waals surface area contributed by atoms with Gasteiger partial charge in [-0.3, -0.25) is 9.59 Å². The predicted molar refractivity (Wildman–Crippen MR) is 77.5 cm³/mol. The van der Waals surface area contributed by atoms with Gasteiger partial charge in [-0.2, -0.15) is 8.78 Å². The highest BCUT2D eigenvalue weighted by atomic mass is 19.3. The van der Waals surface area contributed by atoms with E-state index in [-0.39, 0.29) is 23.1 Å². The quantitative estimate of drug-likeness (QED) is 0.810. The molecule has 0 fully saturated rings. The number of hydrogen-bond donors (Lipinski definition) is 0. The Hall–Kier alpha value is -2.76. The van der Waals surface area contributed by atoms with Gasteiger partial charge in [-0.1, -0.05) is 30.3 Å². The van der Waals surface area contributed by atoms with Crippen molar-refractivity contribution in [2.24, 2.45) is 0 Å². The number of carbonyl (C=O) groups is 2. The molecule has 0 aromatic heterocycles. The summed E-state index contributed by atoms with van der Waals surface area (Å²) in [5.41, 5.74) is 1.12. The summed E-state index contributed by atoms with van der Waals surface area (Å²) >= 11 is 0. The molecule has 0 N–H and O–H groups in total. The number of Topliss-reactive ketones (excluding diaryl/α,β-unsaturated/α-hetero) is 2. The number of halogens is 2. The average Bonchev–Trinajstić information content (AvgIpc) is 2.79. The molecule has 0 radical (unpaired) electrons. The van der Waals surface area contributed by atoms with Gasteiger partial charge in [0.05, 0.1) is 7.11 Å². The standard InChI is InChI=1S/C17H12F2O4/c1-22-13-8-9(6-7-12(13)23-17(18)19)14-15(20)10-4-2-3-5-11(10)16(14)21/h2-8,14,17H,1H3. The van der Waals surface area contributed by atoms with Crippen LogP contribution in [0.4, 0.5) is 8.78 Å². The third kappa shape index (κ3) is 2.56. The maximum Gasteiger partial charge on any atom is 0.387 e. The highest BCUT2D eigenvalue weighted by Gasteiger charge is 2.39. The van der Waals surface area contributed by atoms with Gasteiger partial charge in [-0.25, -0.2) is 0 Å². The van der Waals surface area contributed by atoms with E-state index in [9.17, 15) is 18.4 Å². The summed E-state index contributed by atoms with van der Waals surface area (Å²) in [6.07, 6.45) is 0. The number of rotatable bonds is 4. The molecule has 3 rings (SSSR count). The van der Waals surface area contributed by atoms with E-state index in [4.69, 9.17) is 4.74 Å². The minimum Gasteiger partial charge on any atom is -0.493 e. The fourth-order valence-electron chi connectivity index (χ4n) is 2.70. The molecule has 0 atom stereocenters. The molecule has 118 valence electrons. The van der Waals surface area contributed by atoms with E-state index in [2.05, 4.69) is 4.74 Å². The lowest BCUT2D eigenvalue weighted by Crippen LogP contribution is -2.13. The van der Waals surface area contributed by atoms with Crippen LogP contribution in [0.25, 0.3) is 0 Å². The van der Waals surface area contributed by atoms with Gasteiger partial charge < -0.3 is 9.47 Å². The number of ketones is 2. The Bertz CT molecular complexity index is 751. The zero-order valence-corrected chi connectivity index (χ0v) is 12.1. The van der Waals surface area contributed by atoms with Crippen LogP contribution in [0.1, 0.15) is 32.2 Å². The van der Waals surface area contributed by atoms with Crippen molar-refractivity contribution in [1.82, 2.24) is 0 Å². The molecule has 4 nitrogen and oxygen atoms in total. The van der Waals surface area contributed by atoms with Crippen LogP contribution in [0.2, 0.25) is 0 Å². The first-order chi connectivity index (χ1) is 11.0. The van der Waals surface area contributed by atoms with Crippen molar-refractivity contribution < 1.29 is 27.8 Å². The molecule has 0 unspecified atom stereocenters. The van der Waals surface area contributed by atoms with Crippen LogP contribution in [0.5, 0.6) is 11.5 Å². The number of carbonyl (C=O) groups excluding carboxylic acids is 2. The number of ether oxygens (including phenoxy) is 2. The third-order valence-corrected chi connectivity index (χ3v) is 3.72. The molecule has 0 heterocycles. The first kappa shape index (κ1) is 15.1. The van der Waals surface area contributed by atoms with E-state index < -0.39 is 12.5 Å². The third-order valence-electron chi connectivity index (χ3n) is 3.72. The molecule has 0 saturated carbocycles. The molecule has 2 aromatic rings. The monoisotopic (exact) mass is 318 g/mol. The summed E-state index contributed by atoms with van der Waals surface area (Å²) in [5, 5.41) is 0. The summed E-state index contributed by atoms with van der Waals surface area (Å²) in [7, 11) is 1.30.